The van der Waals surface area contributed by atoms with Gasteiger partial charge in [0.15, 0.2) is 0 Å². The zero-order valence-electron chi connectivity index (χ0n) is 9.55. The zero-order valence-corrected chi connectivity index (χ0v) is 12.7. The van der Waals surface area contributed by atoms with Gasteiger partial charge in [-0.1, -0.05) is 22.0 Å². The third-order valence-corrected chi connectivity index (χ3v) is 4.35. The summed E-state index contributed by atoms with van der Waals surface area (Å²) < 4.78 is 1.21. The fraction of sp³-hybridized carbons (Fsp3) is 0.538. The first-order valence-electron chi connectivity index (χ1n) is 5.84. The molecule has 1 aromatic carbocycles. The average molecular weight is 347 g/mol. The predicted molar refractivity (Wildman–Crippen MR) is 77.4 cm³/mol. The molecule has 0 heterocycles. The zero-order chi connectivity index (χ0) is 11.5. The fourth-order valence-electron chi connectivity index (χ4n) is 1.90. The minimum Gasteiger partial charge on any atom is -0.371 e. The van der Waals surface area contributed by atoms with Gasteiger partial charge in [0.25, 0.3) is 0 Å². The van der Waals surface area contributed by atoms with Crippen LogP contribution >= 0.6 is 31.9 Å². The van der Waals surface area contributed by atoms with E-state index in [2.05, 4.69) is 61.9 Å². The molecule has 0 bridgehead atoms. The number of nitrogens with zero attached hydrogens (tertiary/aromatic N) is 1. The summed E-state index contributed by atoms with van der Waals surface area (Å²) in [5.41, 5.74) is 2.65. The van der Waals surface area contributed by atoms with E-state index in [9.17, 15) is 0 Å². The van der Waals surface area contributed by atoms with Gasteiger partial charge in [0, 0.05) is 22.9 Å². The summed E-state index contributed by atoms with van der Waals surface area (Å²) in [4.78, 5) is 2.47. The third kappa shape index (κ3) is 3.01. The first kappa shape index (κ1) is 12.4. The van der Waals surface area contributed by atoms with E-state index in [0.29, 0.717) is 0 Å². The van der Waals surface area contributed by atoms with Crippen molar-refractivity contribution >= 4 is 37.5 Å². The monoisotopic (exact) mass is 345 g/mol. The first-order chi connectivity index (χ1) is 7.74. The lowest BCUT2D eigenvalue weighted by molar-refractivity contribution is 0.740. The van der Waals surface area contributed by atoms with Crippen molar-refractivity contribution in [1.29, 1.82) is 0 Å². The number of hydrogen-bond acceptors (Lipinski definition) is 1. The number of halogens is 2. The minimum absolute atomic E-state index is 0.917. The molecule has 0 unspecified atom stereocenters. The standard InChI is InChI=1S/C13H17Br2N/c1-2-16(9-10-3-4-10)13-6-5-11(8-14)7-12(13)15/h5-7,10H,2-4,8-9H2,1H3. The van der Waals surface area contributed by atoms with Crippen molar-refractivity contribution in [2.75, 3.05) is 18.0 Å². The van der Waals surface area contributed by atoms with E-state index in [0.717, 1.165) is 17.8 Å². The Hall–Kier alpha value is -0.0200. The van der Waals surface area contributed by atoms with Crippen molar-refractivity contribution in [3.05, 3.63) is 28.2 Å². The maximum atomic E-state index is 3.68. The van der Waals surface area contributed by atoms with Gasteiger partial charge in [0.1, 0.15) is 0 Å². The quantitative estimate of drug-likeness (QED) is 0.705. The van der Waals surface area contributed by atoms with E-state index in [-0.39, 0.29) is 0 Å². The largest absolute Gasteiger partial charge is 0.371 e. The van der Waals surface area contributed by atoms with Crippen LogP contribution in [0.4, 0.5) is 5.69 Å². The van der Waals surface area contributed by atoms with E-state index in [1.165, 1.54) is 35.1 Å². The van der Waals surface area contributed by atoms with Crippen LogP contribution in [0.25, 0.3) is 0 Å². The molecular formula is C13H17Br2N. The Bertz CT molecular complexity index is 361. The highest BCUT2D eigenvalue weighted by Gasteiger charge is 2.24. The molecule has 0 amide bonds. The molecule has 0 N–H and O–H groups in total. The molecule has 0 atom stereocenters. The molecule has 16 heavy (non-hydrogen) atoms. The van der Waals surface area contributed by atoms with E-state index < -0.39 is 0 Å². The van der Waals surface area contributed by atoms with Crippen molar-refractivity contribution in [3.8, 4) is 0 Å². The molecule has 0 aliphatic heterocycles. The molecule has 1 aliphatic carbocycles. The van der Waals surface area contributed by atoms with Crippen LogP contribution in [0.15, 0.2) is 22.7 Å². The Morgan fingerprint density at radius 2 is 2.12 bits per heavy atom. The number of rotatable bonds is 5. The van der Waals surface area contributed by atoms with Gasteiger partial charge in [-0.25, -0.2) is 0 Å². The van der Waals surface area contributed by atoms with Crippen LogP contribution in [-0.2, 0) is 5.33 Å². The Kier molecular flexibility index (Phi) is 4.31. The van der Waals surface area contributed by atoms with Crippen molar-refractivity contribution in [2.45, 2.75) is 25.1 Å². The number of benzene rings is 1. The van der Waals surface area contributed by atoms with Crippen LogP contribution < -0.4 is 4.90 Å². The van der Waals surface area contributed by atoms with Crippen LogP contribution in [0.3, 0.4) is 0 Å². The fourth-order valence-corrected chi connectivity index (χ4v) is 2.93. The maximum absolute atomic E-state index is 3.68. The van der Waals surface area contributed by atoms with Gasteiger partial charge >= 0.3 is 0 Å². The Labute approximate surface area is 114 Å². The van der Waals surface area contributed by atoms with Crippen molar-refractivity contribution < 1.29 is 0 Å². The SMILES string of the molecule is CCN(CC1CC1)c1ccc(CBr)cc1Br. The molecular weight excluding hydrogens is 330 g/mol. The molecule has 1 aliphatic rings. The lowest BCUT2D eigenvalue weighted by Gasteiger charge is -2.24. The third-order valence-electron chi connectivity index (χ3n) is 3.06. The van der Waals surface area contributed by atoms with Gasteiger partial charge < -0.3 is 4.90 Å². The molecule has 1 nitrogen and oxygen atoms in total. The van der Waals surface area contributed by atoms with Crippen molar-refractivity contribution in [1.82, 2.24) is 0 Å². The van der Waals surface area contributed by atoms with Gasteiger partial charge in [-0.2, -0.15) is 0 Å². The maximum Gasteiger partial charge on any atom is 0.0510 e. The molecule has 88 valence electrons. The van der Waals surface area contributed by atoms with Crippen LogP contribution in [0.2, 0.25) is 0 Å². The summed E-state index contributed by atoms with van der Waals surface area (Å²) in [5.74, 6) is 0.933. The number of anilines is 1. The van der Waals surface area contributed by atoms with Gasteiger partial charge in [-0.15, -0.1) is 0 Å². The number of alkyl halides is 1. The lowest BCUT2D eigenvalue weighted by Crippen LogP contribution is -2.25. The number of hydrogen-bond donors (Lipinski definition) is 0. The molecule has 0 aromatic heterocycles. The van der Waals surface area contributed by atoms with Crippen molar-refractivity contribution in [2.24, 2.45) is 5.92 Å². The molecule has 0 radical (unpaired) electrons. The summed E-state index contributed by atoms with van der Waals surface area (Å²) in [6.45, 7) is 4.53. The summed E-state index contributed by atoms with van der Waals surface area (Å²) >= 11 is 7.16. The van der Waals surface area contributed by atoms with Gasteiger partial charge in [-0.3, -0.25) is 0 Å². The molecule has 0 saturated heterocycles. The molecule has 2 rings (SSSR count). The summed E-state index contributed by atoms with van der Waals surface area (Å²) in [6, 6.07) is 6.64. The van der Waals surface area contributed by atoms with E-state index in [4.69, 9.17) is 0 Å². The predicted octanol–water partition coefficient (Wildman–Crippen LogP) is 4.58. The van der Waals surface area contributed by atoms with Gasteiger partial charge in [0.2, 0.25) is 0 Å². The van der Waals surface area contributed by atoms with Crippen LogP contribution in [0.5, 0.6) is 0 Å². The van der Waals surface area contributed by atoms with Crippen molar-refractivity contribution in [3.63, 3.8) is 0 Å². The smallest absolute Gasteiger partial charge is 0.0510 e. The highest BCUT2D eigenvalue weighted by molar-refractivity contribution is 9.10. The topological polar surface area (TPSA) is 3.24 Å². The Morgan fingerprint density at radius 3 is 2.62 bits per heavy atom. The second-order valence-electron chi connectivity index (χ2n) is 4.40. The highest BCUT2D eigenvalue weighted by Crippen LogP contribution is 2.34. The molecule has 1 saturated carbocycles. The summed E-state index contributed by atoms with van der Waals surface area (Å²) in [6.07, 6.45) is 2.82. The Morgan fingerprint density at radius 1 is 1.38 bits per heavy atom. The normalized spacial score (nSPS) is 15.2. The molecule has 1 aromatic rings. The second kappa shape index (κ2) is 5.54. The second-order valence-corrected chi connectivity index (χ2v) is 5.82. The molecule has 1 fully saturated rings. The van der Waals surface area contributed by atoms with Gasteiger partial charge in [-0.05, 0) is 59.3 Å². The molecule has 3 heteroatoms. The van der Waals surface area contributed by atoms with E-state index >= 15 is 0 Å². The van der Waals surface area contributed by atoms with Gasteiger partial charge in [0.05, 0.1) is 5.69 Å². The average Bonchev–Trinajstić information content (AvgIpc) is 3.10. The van der Waals surface area contributed by atoms with E-state index in [1.54, 1.807) is 0 Å². The highest BCUT2D eigenvalue weighted by atomic mass is 79.9. The van der Waals surface area contributed by atoms with E-state index in [1.807, 2.05) is 0 Å². The summed E-state index contributed by atoms with van der Waals surface area (Å²) in [7, 11) is 0. The first-order valence-corrected chi connectivity index (χ1v) is 7.75. The van der Waals surface area contributed by atoms with Crippen LogP contribution in [-0.4, -0.2) is 13.1 Å². The van der Waals surface area contributed by atoms with Crippen LogP contribution in [0, 0.1) is 5.92 Å². The van der Waals surface area contributed by atoms with Crippen LogP contribution in [0.1, 0.15) is 25.3 Å². The lowest BCUT2D eigenvalue weighted by atomic mass is 10.2. The minimum atomic E-state index is 0.917. The molecule has 0 spiro atoms. The summed E-state index contributed by atoms with van der Waals surface area (Å²) in [5, 5.41) is 0.917. The Balaban J connectivity index is 2.15.